The SMILES string of the molecule is Fc1ccc(-c2ncn3c2CNc2c(Cl)cccc2-3)cc1. The van der Waals surface area contributed by atoms with Crippen LogP contribution in [0.3, 0.4) is 0 Å². The Kier molecular flexibility index (Phi) is 2.72. The monoisotopic (exact) mass is 299 g/mol. The summed E-state index contributed by atoms with van der Waals surface area (Å²) in [4.78, 5) is 4.48. The summed E-state index contributed by atoms with van der Waals surface area (Å²) in [7, 11) is 0. The fourth-order valence-corrected chi connectivity index (χ4v) is 2.90. The van der Waals surface area contributed by atoms with Crippen LogP contribution in [0.1, 0.15) is 5.69 Å². The minimum Gasteiger partial charge on any atom is -0.376 e. The van der Waals surface area contributed by atoms with Gasteiger partial charge in [0.25, 0.3) is 0 Å². The van der Waals surface area contributed by atoms with Crippen LogP contribution in [-0.2, 0) is 6.54 Å². The van der Waals surface area contributed by atoms with Gasteiger partial charge in [-0.15, -0.1) is 0 Å². The second kappa shape index (κ2) is 4.60. The van der Waals surface area contributed by atoms with Gasteiger partial charge in [0.05, 0.1) is 34.3 Å². The standard InChI is InChI=1S/C16H11ClFN3/c17-12-2-1-3-13-16(12)19-8-14-15(20-9-21(13)14)10-4-6-11(18)7-5-10/h1-7,9,19H,8H2. The molecule has 0 fully saturated rings. The summed E-state index contributed by atoms with van der Waals surface area (Å²) in [5.41, 5.74) is 4.68. The molecule has 1 aromatic heterocycles. The van der Waals surface area contributed by atoms with E-state index < -0.39 is 0 Å². The van der Waals surface area contributed by atoms with Crippen LogP contribution in [0, 0.1) is 5.82 Å². The molecule has 1 aliphatic rings. The minimum absolute atomic E-state index is 0.248. The number of fused-ring (bicyclic) bond motifs is 3. The molecule has 0 atom stereocenters. The van der Waals surface area contributed by atoms with Crippen LogP contribution >= 0.6 is 11.6 Å². The number of benzene rings is 2. The van der Waals surface area contributed by atoms with Crippen LogP contribution in [-0.4, -0.2) is 9.55 Å². The number of nitrogens with zero attached hydrogens (tertiary/aromatic N) is 2. The molecule has 104 valence electrons. The average Bonchev–Trinajstić information content (AvgIpc) is 2.93. The van der Waals surface area contributed by atoms with Gasteiger partial charge in [-0.1, -0.05) is 17.7 Å². The van der Waals surface area contributed by atoms with Gasteiger partial charge in [-0.2, -0.15) is 0 Å². The van der Waals surface area contributed by atoms with Gasteiger partial charge in [0.2, 0.25) is 0 Å². The number of imidazole rings is 1. The maximum atomic E-state index is 13.1. The third-order valence-corrected chi connectivity index (χ3v) is 3.98. The molecule has 0 bridgehead atoms. The second-order valence-electron chi connectivity index (χ2n) is 4.90. The van der Waals surface area contributed by atoms with E-state index in [4.69, 9.17) is 11.6 Å². The number of hydrogen-bond acceptors (Lipinski definition) is 2. The first-order chi connectivity index (χ1) is 10.2. The van der Waals surface area contributed by atoms with E-state index in [1.54, 1.807) is 18.5 Å². The molecule has 4 rings (SSSR count). The summed E-state index contributed by atoms with van der Waals surface area (Å²) in [6.07, 6.45) is 1.78. The van der Waals surface area contributed by atoms with E-state index in [0.29, 0.717) is 11.6 Å². The summed E-state index contributed by atoms with van der Waals surface area (Å²) in [5, 5.41) is 4.02. The number of nitrogens with one attached hydrogen (secondary N) is 1. The molecule has 3 nitrogen and oxygen atoms in total. The predicted octanol–water partition coefficient (Wildman–Crippen LogP) is 4.26. The number of anilines is 1. The van der Waals surface area contributed by atoms with Gasteiger partial charge < -0.3 is 5.32 Å². The van der Waals surface area contributed by atoms with Crippen molar-refractivity contribution in [2.45, 2.75) is 6.54 Å². The van der Waals surface area contributed by atoms with E-state index >= 15 is 0 Å². The molecule has 21 heavy (non-hydrogen) atoms. The molecule has 1 N–H and O–H groups in total. The van der Waals surface area contributed by atoms with Crippen LogP contribution < -0.4 is 5.32 Å². The smallest absolute Gasteiger partial charge is 0.123 e. The molecular weight excluding hydrogens is 289 g/mol. The average molecular weight is 300 g/mol. The fourth-order valence-electron chi connectivity index (χ4n) is 2.66. The lowest BCUT2D eigenvalue weighted by atomic mass is 10.1. The minimum atomic E-state index is -0.248. The number of para-hydroxylation sites is 1. The molecular formula is C16H11ClFN3. The number of rotatable bonds is 1. The van der Waals surface area contributed by atoms with Gasteiger partial charge in [-0.3, -0.25) is 4.57 Å². The van der Waals surface area contributed by atoms with Gasteiger partial charge >= 0.3 is 0 Å². The molecule has 2 aromatic carbocycles. The highest BCUT2D eigenvalue weighted by atomic mass is 35.5. The van der Waals surface area contributed by atoms with Crippen molar-refractivity contribution < 1.29 is 4.39 Å². The van der Waals surface area contributed by atoms with Crippen molar-refractivity contribution in [1.82, 2.24) is 9.55 Å². The molecule has 1 aliphatic heterocycles. The lowest BCUT2D eigenvalue weighted by molar-refractivity contribution is 0.628. The maximum Gasteiger partial charge on any atom is 0.123 e. The molecule has 0 saturated carbocycles. The highest BCUT2D eigenvalue weighted by molar-refractivity contribution is 6.33. The first-order valence-corrected chi connectivity index (χ1v) is 6.97. The molecule has 0 radical (unpaired) electrons. The zero-order valence-electron chi connectivity index (χ0n) is 11.0. The van der Waals surface area contributed by atoms with Gasteiger partial charge in [0.15, 0.2) is 0 Å². The van der Waals surface area contributed by atoms with Crippen molar-refractivity contribution in [1.29, 1.82) is 0 Å². The fraction of sp³-hybridized carbons (Fsp3) is 0.0625. The Morgan fingerprint density at radius 2 is 1.95 bits per heavy atom. The van der Waals surface area contributed by atoms with Crippen LogP contribution in [0.15, 0.2) is 48.8 Å². The molecule has 5 heteroatoms. The molecule has 2 heterocycles. The van der Waals surface area contributed by atoms with Gasteiger partial charge in [0.1, 0.15) is 12.1 Å². The lowest BCUT2D eigenvalue weighted by Gasteiger charge is -2.22. The third-order valence-electron chi connectivity index (χ3n) is 3.67. The van der Waals surface area contributed by atoms with Crippen molar-refractivity contribution >= 4 is 17.3 Å². The van der Waals surface area contributed by atoms with Gasteiger partial charge in [0, 0.05) is 5.56 Å². The van der Waals surface area contributed by atoms with E-state index in [9.17, 15) is 4.39 Å². The van der Waals surface area contributed by atoms with E-state index in [1.165, 1.54) is 12.1 Å². The summed E-state index contributed by atoms with van der Waals surface area (Å²) >= 11 is 6.21. The Labute approximate surface area is 126 Å². The predicted molar refractivity (Wildman–Crippen MR) is 81.3 cm³/mol. The number of halogens is 2. The highest BCUT2D eigenvalue weighted by Gasteiger charge is 2.21. The number of aromatic nitrogens is 2. The second-order valence-corrected chi connectivity index (χ2v) is 5.31. The summed E-state index contributed by atoms with van der Waals surface area (Å²) in [5.74, 6) is -0.248. The Morgan fingerprint density at radius 3 is 2.76 bits per heavy atom. The summed E-state index contributed by atoms with van der Waals surface area (Å²) in [6.45, 7) is 0.628. The van der Waals surface area contributed by atoms with E-state index in [0.717, 1.165) is 28.3 Å². The quantitative estimate of drug-likeness (QED) is 0.727. The van der Waals surface area contributed by atoms with Crippen molar-refractivity contribution in [3.05, 3.63) is 65.3 Å². The van der Waals surface area contributed by atoms with Crippen molar-refractivity contribution in [2.75, 3.05) is 5.32 Å². The first-order valence-electron chi connectivity index (χ1n) is 6.59. The van der Waals surface area contributed by atoms with E-state index in [-0.39, 0.29) is 5.82 Å². The molecule has 0 amide bonds. The largest absolute Gasteiger partial charge is 0.376 e. The highest BCUT2D eigenvalue weighted by Crippen LogP contribution is 2.36. The molecule has 3 aromatic rings. The zero-order chi connectivity index (χ0) is 14.4. The Bertz CT molecular complexity index is 824. The normalized spacial score (nSPS) is 12.5. The Hall–Kier alpha value is -2.33. The first kappa shape index (κ1) is 12.4. The number of hydrogen-bond donors (Lipinski definition) is 1. The molecule has 0 saturated heterocycles. The Balaban J connectivity index is 1.88. The third kappa shape index (κ3) is 1.91. The molecule has 0 unspecified atom stereocenters. The maximum absolute atomic E-state index is 13.1. The van der Waals surface area contributed by atoms with Crippen LogP contribution in [0.25, 0.3) is 16.9 Å². The van der Waals surface area contributed by atoms with Crippen LogP contribution in [0.5, 0.6) is 0 Å². The Morgan fingerprint density at radius 1 is 1.14 bits per heavy atom. The topological polar surface area (TPSA) is 29.9 Å². The summed E-state index contributed by atoms with van der Waals surface area (Å²) in [6, 6.07) is 12.1. The molecule has 0 spiro atoms. The zero-order valence-corrected chi connectivity index (χ0v) is 11.7. The van der Waals surface area contributed by atoms with E-state index in [1.807, 2.05) is 22.8 Å². The van der Waals surface area contributed by atoms with Crippen molar-refractivity contribution in [3.8, 4) is 16.9 Å². The van der Waals surface area contributed by atoms with Gasteiger partial charge in [-0.05, 0) is 36.4 Å². The van der Waals surface area contributed by atoms with Crippen molar-refractivity contribution in [2.24, 2.45) is 0 Å². The summed E-state index contributed by atoms with van der Waals surface area (Å²) < 4.78 is 15.1. The van der Waals surface area contributed by atoms with E-state index in [2.05, 4.69) is 10.3 Å². The van der Waals surface area contributed by atoms with Crippen LogP contribution in [0.2, 0.25) is 5.02 Å². The molecule has 0 aliphatic carbocycles. The van der Waals surface area contributed by atoms with Crippen LogP contribution in [0.4, 0.5) is 10.1 Å². The van der Waals surface area contributed by atoms with Gasteiger partial charge in [-0.25, -0.2) is 9.37 Å². The lowest BCUT2D eigenvalue weighted by Crippen LogP contribution is -2.15. The van der Waals surface area contributed by atoms with Crippen molar-refractivity contribution in [3.63, 3.8) is 0 Å².